The third-order valence-corrected chi connectivity index (χ3v) is 5.49. The van der Waals surface area contributed by atoms with Crippen LogP contribution in [0.3, 0.4) is 0 Å². The molecule has 0 aliphatic carbocycles. The number of carbonyl (C=O) groups excluding carboxylic acids is 1. The Hall–Kier alpha value is -2.99. The van der Waals surface area contributed by atoms with Crippen molar-refractivity contribution in [2.45, 2.75) is 52.7 Å². The molecule has 2 aromatic carbocycles. The van der Waals surface area contributed by atoms with Crippen molar-refractivity contribution in [3.63, 3.8) is 0 Å². The standard InChI is InChI=1S/C24H29N5O/c1-16(2)25-14-13-22(30)28-15-18-9-5-6-10-19(18)24-23(26-27-29(24)17(3)4)20-11-7-8-12-21(20)28/h5-12,16-17,25H,13-15H2,1-4H3/p+1. The van der Waals surface area contributed by atoms with E-state index in [0.717, 1.165) is 33.8 Å². The molecule has 0 spiro atoms. The Kier molecular flexibility index (Phi) is 5.68. The third kappa shape index (κ3) is 3.75. The molecule has 1 aliphatic heterocycles. The van der Waals surface area contributed by atoms with E-state index in [0.29, 0.717) is 25.6 Å². The van der Waals surface area contributed by atoms with E-state index in [1.807, 2.05) is 35.2 Å². The molecular formula is C24H30N5O+. The summed E-state index contributed by atoms with van der Waals surface area (Å²) in [4.78, 5) is 15.2. The van der Waals surface area contributed by atoms with Crippen LogP contribution in [0.15, 0.2) is 48.5 Å². The van der Waals surface area contributed by atoms with Gasteiger partial charge >= 0.3 is 0 Å². The molecule has 3 aromatic rings. The number of hydrogen-bond donors (Lipinski definition) is 2. The molecule has 0 saturated heterocycles. The number of anilines is 1. The first kappa shape index (κ1) is 20.3. The molecule has 0 bridgehead atoms. The van der Waals surface area contributed by atoms with Crippen molar-refractivity contribution >= 4 is 11.6 Å². The van der Waals surface area contributed by atoms with Gasteiger partial charge in [0.2, 0.25) is 11.6 Å². The van der Waals surface area contributed by atoms with Crippen LogP contribution in [-0.2, 0) is 11.3 Å². The fourth-order valence-corrected chi connectivity index (χ4v) is 4.02. The van der Waals surface area contributed by atoms with Crippen molar-refractivity contribution in [3.05, 3.63) is 54.1 Å². The normalized spacial score (nSPS) is 12.9. The molecule has 0 saturated carbocycles. The number of H-pyrrole nitrogens is 1. The number of fused-ring (bicyclic) bond motifs is 5. The number of carbonyl (C=O) groups is 1. The molecule has 2 heterocycles. The summed E-state index contributed by atoms with van der Waals surface area (Å²) in [6.45, 7) is 9.67. The molecule has 6 heteroatoms. The highest BCUT2D eigenvalue weighted by atomic mass is 16.2. The lowest BCUT2D eigenvalue weighted by Gasteiger charge is -2.27. The van der Waals surface area contributed by atoms with Crippen molar-refractivity contribution in [1.29, 1.82) is 0 Å². The summed E-state index contributed by atoms with van der Waals surface area (Å²) in [6.07, 6.45) is 0.452. The van der Waals surface area contributed by atoms with E-state index in [1.165, 1.54) is 0 Å². The molecule has 0 fully saturated rings. The van der Waals surface area contributed by atoms with Crippen LogP contribution in [0.5, 0.6) is 0 Å². The summed E-state index contributed by atoms with van der Waals surface area (Å²) in [5.74, 6) is 0.112. The maximum atomic E-state index is 13.3. The summed E-state index contributed by atoms with van der Waals surface area (Å²) < 4.78 is 2.11. The monoisotopic (exact) mass is 404 g/mol. The number of amides is 1. The molecule has 1 aromatic heterocycles. The average molecular weight is 405 g/mol. The Morgan fingerprint density at radius 1 is 1.10 bits per heavy atom. The van der Waals surface area contributed by atoms with E-state index in [4.69, 9.17) is 0 Å². The minimum Gasteiger partial charge on any atom is -0.314 e. The Labute approximate surface area is 177 Å². The average Bonchev–Trinajstić information content (AvgIpc) is 3.15. The van der Waals surface area contributed by atoms with Gasteiger partial charge in [0.1, 0.15) is 6.04 Å². The summed E-state index contributed by atoms with van der Waals surface area (Å²) in [6, 6.07) is 17.0. The maximum absolute atomic E-state index is 13.3. The van der Waals surface area contributed by atoms with Crippen molar-refractivity contribution < 1.29 is 9.48 Å². The van der Waals surface area contributed by atoms with Crippen molar-refractivity contribution in [3.8, 4) is 22.5 Å². The van der Waals surface area contributed by atoms with Gasteiger partial charge in [0.15, 0.2) is 0 Å². The zero-order valence-electron chi connectivity index (χ0n) is 18.1. The van der Waals surface area contributed by atoms with E-state index in [2.05, 4.69) is 66.2 Å². The highest BCUT2D eigenvalue weighted by molar-refractivity contribution is 5.99. The second-order valence-corrected chi connectivity index (χ2v) is 8.39. The summed E-state index contributed by atoms with van der Waals surface area (Å²) in [5.41, 5.74) is 6.07. The highest BCUT2D eigenvalue weighted by Crippen LogP contribution is 2.39. The lowest BCUT2D eigenvalue weighted by atomic mass is 9.95. The summed E-state index contributed by atoms with van der Waals surface area (Å²) in [5, 5.41) is 11.2. The van der Waals surface area contributed by atoms with Gasteiger partial charge in [0, 0.05) is 29.7 Å². The largest absolute Gasteiger partial charge is 0.314 e. The quantitative estimate of drug-likeness (QED) is 0.635. The number of hydrogen-bond acceptors (Lipinski definition) is 3. The van der Waals surface area contributed by atoms with Crippen LogP contribution in [-0.4, -0.2) is 28.8 Å². The Balaban J connectivity index is 1.86. The molecule has 4 rings (SSSR count). The topological polar surface area (TPSA) is 64.9 Å². The second-order valence-electron chi connectivity index (χ2n) is 8.39. The smallest absolute Gasteiger partial charge is 0.258 e. The van der Waals surface area contributed by atoms with Crippen LogP contribution in [0.25, 0.3) is 22.5 Å². The first-order chi connectivity index (χ1) is 14.5. The van der Waals surface area contributed by atoms with Gasteiger partial charge in [0.25, 0.3) is 5.69 Å². The van der Waals surface area contributed by atoms with Gasteiger partial charge < -0.3 is 10.2 Å². The minimum atomic E-state index is 0.112. The van der Waals surface area contributed by atoms with Gasteiger partial charge in [0.05, 0.1) is 17.8 Å². The Morgan fingerprint density at radius 2 is 1.80 bits per heavy atom. The SMILES string of the molecule is CC(C)NCCC(=O)N1Cc2ccccc2-c2c(n[nH][n+]2C(C)C)-c2ccccc21. The summed E-state index contributed by atoms with van der Waals surface area (Å²) >= 11 is 0. The molecule has 0 unspecified atom stereocenters. The Morgan fingerprint density at radius 3 is 2.53 bits per heavy atom. The van der Waals surface area contributed by atoms with E-state index in [1.54, 1.807) is 0 Å². The zero-order chi connectivity index (χ0) is 21.3. The molecule has 0 radical (unpaired) electrons. The van der Waals surface area contributed by atoms with Gasteiger partial charge in [-0.05, 0) is 31.5 Å². The predicted octanol–water partition coefficient (Wildman–Crippen LogP) is 3.85. The number of para-hydroxylation sites is 1. The molecule has 30 heavy (non-hydrogen) atoms. The summed E-state index contributed by atoms with van der Waals surface area (Å²) in [7, 11) is 0. The van der Waals surface area contributed by atoms with Crippen LogP contribution in [0.2, 0.25) is 0 Å². The molecule has 2 N–H and O–H groups in total. The zero-order valence-corrected chi connectivity index (χ0v) is 18.1. The number of nitrogens with zero attached hydrogens (tertiary/aromatic N) is 3. The number of rotatable bonds is 5. The van der Waals surface area contributed by atoms with Crippen LogP contribution in [0.1, 0.15) is 45.7 Å². The van der Waals surface area contributed by atoms with Gasteiger partial charge in [-0.3, -0.25) is 4.79 Å². The van der Waals surface area contributed by atoms with Crippen molar-refractivity contribution in [2.75, 3.05) is 11.4 Å². The van der Waals surface area contributed by atoms with Crippen LogP contribution >= 0.6 is 0 Å². The van der Waals surface area contributed by atoms with Gasteiger partial charge in [-0.15, -0.1) is 0 Å². The Bertz CT molecular complexity index is 1050. The van der Waals surface area contributed by atoms with E-state index >= 15 is 0 Å². The van der Waals surface area contributed by atoms with Gasteiger partial charge in [-0.1, -0.05) is 55.5 Å². The highest BCUT2D eigenvalue weighted by Gasteiger charge is 2.33. The molecular weight excluding hydrogens is 374 g/mol. The first-order valence-electron chi connectivity index (χ1n) is 10.7. The fraction of sp³-hybridized carbons (Fsp3) is 0.375. The van der Waals surface area contributed by atoms with Crippen LogP contribution in [0, 0.1) is 0 Å². The maximum Gasteiger partial charge on any atom is 0.258 e. The van der Waals surface area contributed by atoms with Crippen molar-refractivity contribution in [1.82, 2.24) is 15.6 Å². The van der Waals surface area contributed by atoms with E-state index < -0.39 is 0 Å². The van der Waals surface area contributed by atoms with E-state index in [-0.39, 0.29) is 11.9 Å². The predicted molar refractivity (Wildman–Crippen MR) is 119 cm³/mol. The molecule has 0 atom stereocenters. The number of benzene rings is 2. The number of nitrogens with one attached hydrogen (secondary N) is 2. The van der Waals surface area contributed by atoms with Crippen LogP contribution in [0.4, 0.5) is 5.69 Å². The van der Waals surface area contributed by atoms with E-state index in [9.17, 15) is 4.79 Å². The lowest BCUT2D eigenvalue weighted by Crippen LogP contribution is -2.41. The van der Waals surface area contributed by atoms with Crippen molar-refractivity contribution in [2.24, 2.45) is 0 Å². The fourth-order valence-electron chi connectivity index (χ4n) is 4.02. The minimum absolute atomic E-state index is 0.112. The molecule has 1 aliphatic rings. The third-order valence-electron chi connectivity index (χ3n) is 5.49. The lowest BCUT2D eigenvalue weighted by molar-refractivity contribution is -0.761. The number of aromatic nitrogens is 3. The molecule has 156 valence electrons. The molecule has 6 nitrogen and oxygen atoms in total. The number of aromatic amines is 1. The van der Waals surface area contributed by atoms with Crippen LogP contribution < -0.4 is 14.9 Å². The first-order valence-corrected chi connectivity index (χ1v) is 10.7. The second kappa shape index (κ2) is 8.40. The van der Waals surface area contributed by atoms with Gasteiger partial charge in [-0.2, -0.15) is 4.68 Å². The molecule has 1 amide bonds. The van der Waals surface area contributed by atoms with Gasteiger partial charge in [-0.25, -0.2) is 0 Å².